The van der Waals surface area contributed by atoms with Crippen LogP contribution in [0.1, 0.15) is 30.9 Å². The van der Waals surface area contributed by atoms with Crippen molar-refractivity contribution in [2.75, 3.05) is 0 Å². The number of carbonyl (C=O) groups is 2. The van der Waals surface area contributed by atoms with E-state index in [1.165, 1.54) is 6.08 Å². The summed E-state index contributed by atoms with van der Waals surface area (Å²) in [5.41, 5.74) is 1.33. The molecule has 1 amide bonds. The zero-order chi connectivity index (χ0) is 15.2. The molecule has 21 heavy (non-hydrogen) atoms. The second-order valence-electron chi connectivity index (χ2n) is 4.93. The van der Waals surface area contributed by atoms with E-state index in [4.69, 9.17) is 10.00 Å². The molecule has 1 N–H and O–H groups in total. The van der Waals surface area contributed by atoms with Crippen molar-refractivity contribution in [2.24, 2.45) is 0 Å². The van der Waals surface area contributed by atoms with Gasteiger partial charge in [-0.05, 0) is 43.5 Å². The van der Waals surface area contributed by atoms with Gasteiger partial charge in [0.05, 0.1) is 11.6 Å². The van der Waals surface area contributed by atoms with Crippen molar-refractivity contribution < 1.29 is 14.3 Å². The first-order valence-electron chi connectivity index (χ1n) is 6.77. The third-order valence-electron chi connectivity index (χ3n) is 3.04. The van der Waals surface area contributed by atoms with Gasteiger partial charge < -0.3 is 10.1 Å². The van der Waals surface area contributed by atoms with Crippen LogP contribution in [0.15, 0.2) is 30.3 Å². The Bertz CT molecular complexity index is 595. The Balaban J connectivity index is 1.83. The van der Waals surface area contributed by atoms with Crippen molar-refractivity contribution in [3.63, 3.8) is 0 Å². The number of esters is 1. The zero-order valence-electron chi connectivity index (χ0n) is 11.7. The second kappa shape index (κ2) is 6.71. The predicted molar refractivity (Wildman–Crippen MR) is 76.9 cm³/mol. The lowest BCUT2D eigenvalue weighted by Gasteiger charge is -2.11. The van der Waals surface area contributed by atoms with Gasteiger partial charge in [0.25, 0.3) is 5.91 Å². The first kappa shape index (κ1) is 14.8. The normalized spacial score (nSPS) is 15.2. The molecule has 1 aromatic carbocycles. The standard InChI is InChI=1S/C16H16N2O3/c1-11(16(20)18-14-7-8-14)21-15(19)9-6-12-2-4-13(10-17)5-3-12/h2-6,9,11,14H,7-8H2,1H3,(H,18,20)/b9-6+/t11-/m0/s1. The van der Waals surface area contributed by atoms with Gasteiger partial charge in [-0.3, -0.25) is 4.79 Å². The summed E-state index contributed by atoms with van der Waals surface area (Å²) in [6.07, 6.45) is 4.02. The number of benzene rings is 1. The van der Waals surface area contributed by atoms with Gasteiger partial charge in [0.15, 0.2) is 6.10 Å². The fourth-order valence-electron chi connectivity index (χ4n) is 1.65. The Labute approximate surface area is 123 Å². The van der Waals surface area contributed by atoms with Crippen LogP contribution in [0.4, 0.5) is 0 Å². The van der Waals surface area contributed by atoms with Crippen LogP contribution in [-0.2, 0) is 14.3 Å². The molecule has 1 aromatic rings. The summed E-state index contributed by atoms with van der Waals surface area (Å²) in [7, 11) is 0. The molecule has 0 aliphatic heterocycles. The lowest BCUT2D eigenvalue weighted by atomic mass is 10.1. The number of hydrogen-bond donors (Lipinski definition) is 1. The van der Waals surface area contributed by atoms with Crippen molar-refractivity contribution >= 4 is 18.0 Å². The Hall–Kier alpha value is -2.61. The molecule has 0 heterocycles. The highest BCUT2D eigenvalue weighted by Crippen LogP contribution is 2.18. The molecule has 5 nitrogen and oxygen atoms in total. The van der Waals surface area contributed by atoms with Crippen LogP contribution in [-0.4, -0.2) is 24.0 Å². The van der Waals surface area contributed by atoms with Gasteiger partial charge in [0.2, 0.25) is 0 Å². The maximum Gasteiger partial charge on any atom is 0.331 e. The van der Waals surface area contributed by atoms with Crippen molar-refractivity contribution in [3.8, 4) is 6.07 Å². The van der Waals surface area contributed by atoms with Crippen molar-refractivity contribution in [1.82, 2.24) is 5.32 Å². The number of rotatable bonds is 5. The Morgan fingerprint density at radius 1 is 1.38 bits per heavy atom. The molecule has 0 bridgehead atoms. The van der Waals surface area contributed by atoms with E-state index in [9.17, 15) is 9.59 Å². The number of nitriles is 1. The van der Waals surface area contributed by atoms with Gasteiger partial charge in [0.1, 0.15) is 0 Å². The summed E-state index contributed by atoms with van der Waals surface area (Å²) < 4.78 is 5.02. The third kappa shape index (κ3) is 4.77. The Morgan fingerprint density at radius 3 is 2.62 bits per heavy atom. The van der Waals surface area contributed by atoms with Gasteiger partial charge in [-0.15, -0.1) is 0 Å². The fraction of sp³-hybridized carbons (Fsp3) is 0.312. The molecule has 5 heteroatoms. The molecule has 1 fully saturated rings. The van der Waals surface area contributed by atoms with E-state index in [1.54, 1.807) is 37.3 Å². The topological polar surface area (TPSA) is 79.2 Å². The molecular formula is C16H16N2O3. The molecule has 1 aliphatic carbocycles. The van der Waals surface area contributed by atoms with Gasteiger partial charge in [-0.1, -0.05) is 12.1 Å². The van der Waals surface area contributed by atoms with Crippen LogP contribution >= 0.6 is 0 Å². The zero-order valence-corrected chi connectivity index (χ0v) is 11.7. The summed E-state index contributed by atoms with van der Waals surface area (Å²) in [6.45, 7) is 1.55. The van der Waals surface area contributed by atoms with Crippen LogP contribution < -0.4 is 5.32 Å². The van der Waals surface area contributed by atoms with Gasteiger partial charge in [-0.25, -0.2) is 4.79 Å². The highest BCUT2D eigenvalue weighted by atomic mass is 16.5. The summed E-state index contributed by atoms with van der Waals surface area (Å²) in [4.78, 5) is 23.2. The minimum Gasteiger partial charge on any atom is -0.449 e. The van der Waals surface area contributed by atoms with E-state index in [0.29, 0.717) is 5.56 Å². The maximum absolute atomic E-state index is 11.6. The van der Waals surface area contributed by atoms with Crippen molar-refractivity contribution in [2.45, 2.75) is 31.9 Å². The molecule has 2 rings (SSSR count). The van der Waals surface area contributed by atoms with Crippen LogP contribution in [0.5, 0.6) is 0 Å². The van der Waals surface area contributed by atoms with E-state index in [2.05, 4.69) is 5.32 Å². The van der Waals surface area contributed by atoms with E-state index >= 15 is 0 Å². The van der Waals surface area contributed by atoms with Gasteiger partial charge in [-0.2, -0.15) is 5.26 Å². The Morgan fingerprint density at radius 2 is 2.05 bits per heavy atom. The molecule has 0 aromatic heterocycles. The second-order valence-corrected chi connectivity index (χ2v) is 4.93. The largest absolute Gasteiger partial charge is 0.449 e. The molecule has 108 valence electrons. The average molecular weight is 284 g/mol. The molecule has 0 spiro atoms. The van der Waals surface area contributed by atoms with E-state index in [-0.39, 0.29) is 11.9 Å². The SMILES string of the molecule is C[C@H](OC(=O)/C=C/c1ccc(C#N)cc1)C(=O)NC1CC1. The van der Waals surface area contributed by atoms with Crippen LogP contribution in [0.25, 0.3) is 6.08 Å². The summed E-state index contributed by atoms with van der Waals surface area (Å²) >= 11 is 0. The van der Waals surface area contributed by atoms with E-state index in [1.807, 2.05) is 6.07 Å². The molecule has 0 radical (unpaired) electrons. The minimum atomic E-state index is -0.802. The van der Waals surface area contributed by atoms with Crippen LogP contribution in [0, 0.1) is 11.3 Å². The summed E-state index contributed by atoms with van der Waals surface area (Å²) in [5, 5.41) is 11.5. The monoisotopic (exact) mass is 284 g/mol. The molecule has 0 saturated heterocycles. The molecule has 1 atom stereocenters. The number of ether oxygens (including phenoxy) is 1. The third-order valence-corrected chi connectivity index (χ3v) is 3.04. The average Bonchev–Trinajstić information content (AvgIpc) is 3.29. The van der Waals surface area contributed by atoms with Gasteiger partial charge >= 0.3 is 5.97 Å². The number of amides is 1. The maximum atomic E-state index is 11.6. The molecule has 1 saturated carbocycles. The van der Waals surface area contributed by atoms with Crippen LogP contribution in [0.3, 0.4) is 0 Å². The number of nitrogens with zero attached hydrogens (tertiary/aromatic N) is 1. The Kier molecular flexibility index (Phi) is 4.72. The quantitative estimate of drug-likeness (QED) is 0.660. The fourth-order valence-corrected chi connectivity index (χ4v) is 1.65. The summed E-state index contributed by atoms with van der Waals surface area (Å²) in [5.74, 6) is -0.838. The van der Waals surface area contributed by atoms with Crippen molar-refractivity contribution in [3.05, 3.63) is 41.5 Å². The minimum absolute atomic E-state index is 0.243. The lowest BCUT2D eigenvalue weighted by molar-refractivity contribution is -0.150. The first-order valence-corrected chi connectivity index (χ1v) is 6.77. The smallest absolute Gasteiger partial charge is 0.331 e. The predicted octanol–water partition coefficient (Wildman–Crippen LogP) is 1.78. The summed E-state index contributed by atoms with van der Waals surface area (Å²) in [6, 6.07) is 9.04. The highest BCUT2D eigenvalue weighted by molar-refractivity contribution is 5.90. The molecular weight excluding hydrogens is 268 g/mol. The van der Waals surface area contributed by atoms with Gasteiger partial charge in [0, 0.05) is 12.1 Å². The van der Waals surface area contributed by atoms with Crippen molar-refractivity contribution in [1.29, 1.82) is 5.26 Å². The number of hydrogen-bond acceptors (Lipinski definition) is 4. The highest BCUT2D eigenvalue weighted by Gasteiger charge is 2.26. The number of nitrogens with one attached hydrogen (secondary N) is 1. The van der Waals surface area contributed by atoms with Crippen LogP contribution in [0.2, 0.25) is 0 Å². The first-order chi connectivity index (χ1) is 10.1. The van der Waals surface area contributed by atoms with E-state index < -0.39 is 12.1 Å². The number of carbonyl (C=O) groups excluding carboxylic acids is 2. The molecule has 0 unspecified atom stereocenters. The lowest BCUT2D eigenvalue weighted by Crippen LogP contribution is -2.36. The molecule has 1 aliphatic rings. The van der Waals surface area contributed by atoms with E-state index in [0.717, 1.165) is 18.4 Å².